The first kappa shape index (κ1) is 15.0. The summed E-state index contributed by atoms with van der Waals surface area (Å²) >= 11 is 0. The topological polar surface area (TPSA) is 35.6 Å². The first-order valence-electron chi connectivity index (χ1n) is 7.27. The van der Waals surface area contributed by atoms with E-state index in [1.54, 1.807) is 0 Å². The van der Waals surface area contributed by atoms with Crippen LogP contribution in [0.15, 0.2) is 30.3 Å². The van der Waals surface area contributed by atoms with Gasteiger partial charge in [-0.15, -0.1) is 0 Å². The maximum atomic E-state index is 12.3. The Kier molecular flexibility index (Phi) is 5.15. The van der Waals surface area contributed by atoms with Crippen molar-refractivity contribution in [3.63, 3.8) is 0 Å². The van der Waals surface area contributed by atoms with Crippen molar-refractivity contribution in [1.82, 2.24) is 15.1 Å². The molecule has 2 atom stereocenters. The molecule has 1 saturated heterocycles. The minimum Gasteiger partial charge on any atom is -0.336 e. The van der Waals surface area contributed by atoms with E-state index < -0.39 is 0 Å². The lowest BCUT2D eigenvalue weighted by molar-refractivity contribution is -0.135. The third-order valence-electron chi connectivity index (χ3n) is 3.75. The average Bonchev–Trinajstić information content (AvgIpc) is 2.41. The Balaban J connectivity index is 1.95. The van der Waals surface area contributed by atoms with Crippen LogP contribution < -0.4 is 5.32 Å². The quantitative estimate of drug-likeness (QED) is 0.890. The number of rotatable bonds is 4. The van der Waals surface area contributed by atoms with Crippen molar-refractivity contribution < 1.29 is 4.79 Å². The minimum absolute atomic E-state index is 0.224. The minimum atomic E-state index is 0.224. The molecule has 1 N–H and O–H groups in total. The van der Waals surface area contributed by atoms with Crippen LogP contribution in [0.2, 0.25) is 0 Å². The second-order valence-electron chi connectivity index (χ2n) is 5.93. The number of nitrogens with one attached hydrogen (secondary N) is 1. The van der Waals surface area contributed by atoms with Crippen molar-refractivity contribution in [3.8, 4) is 0 Å². The molecule has 1 heterocycles. The zero-order chi connectivity index (χ0) is 14.5. The standard InChI is InChI=1S/C16H25N3O/c1-13-10-17-15(9-14-7-5-4-6-8-14)11-19(13)16(20)12-18(2)3/h4-8,13,15,17H,9-12H2,1-3H3. The van der Waals surface area contributed by atoms with Gasteiger partial charge in [0.1, 0.15) is 0 Å². The lowest BCUT2D eigenvalue weighted by atomic mass is 10.0. The third-order valence-corrected chi connectivity index (χ3v) is 3.75. The lowest BCUT2D eigenvalue weighted by Crippen LogP contribution is -2.59. The van der Waals surface area contributed by atoms with Gasteiger partial charge >= 0.3 is 0 Å². The van der Waals surface area contributed by atoms with Gasteiger partial charge < -0.3 is 15.1 Å². The molecule has 1 aliphatic rings. The predicted octanol–water partition coefficient (Wildman–Crippen LogP) is 0.980. The molecule has 0 aliphatic carbocycles. The fourth-order valence-corrected chi connectivity index (χ4v) is 2.67. The van der Waals surface area contributed by atoms with Gasteiger partial charge in [-0.3, -0.25) is 4.79 Å². The van der Waals surface area contributed by atoms with E-state index in [1.807, 2.05) is 30.0 Å². The smallest absolute Gasteiger partial charge is 0.237 e. The molecule has 110 valence electrons. The van der Waals surface area contributed by atoms with Crippen molar-refractivity contribution in [2.45, 2.75) is 25.4 Å². The van der Waals surface area contributed by atoms with Gasteiger partial charge in [0, 0.05) is 25.2 Å². The highest BCUT2D eigenvalue weighted by atomic mass is 16.2. The molecule has 1 amide bonds. The first-order chi connectivity index (χ1) is 9.56. The second kappa shape index (κ2) is 6.86. The summed E-state index contributed by atoms with van der Waals surface area (Å²) < 4.78 is 0. The number of benzene rings is 1. The Labute approximate surface area is 121 Å². The van der Waals surface area contributed by atoms with Crippen LogP contribution >= 0.6 is 0 Å². The summed E-state index contributed by atoms with van der Waals surface area (Å²) in [6.07, 6.45) is 0.972. The van der Waals surface area contributed by atoms with Gasteiger partial charge in [-0.05, 0) is 33.0 Å². The van der Waals surface area contributed by atoms with Crippen LogP contribution in [0.5, 0.6) is 0 Å². The van der Waals surface area contributed by atoms with Gasteiger partial charge in [-0.2, -0.15) is 0 Å². The largest absolute Gasteiger partial charge is 0.336 e. The summed E-state index contributed by atoms with van der Waals surface area (Å²) in [5, 5.41) is 3.55. The molecule has 2 unspecified atom stereocenters. The Bertz CT molecular complexity index is 433. The maximum Gasteiger partial charge on any atom is 0.237 e. The molecule has 0 saturated carbocycles. The summed E-state index contributed by atoms with van der Waals surface area (Å²) in [5.41, 5.74) is 1.32. The Morgan fingerprint density at radius 2 is 2.05 bits per heavy atom. The van der Waals surface area contributed by atoms with Crippen LogP contribution in [0.25, 0.3) is 0 Å². The van der Waals surface area contributed by atoms with Gasteiger partial charge in [0.2, 0.25) is 5.91 Å². The highest BCUT2D eigenvalue weighted by Gasteiger charge is 2.28. The molecule has 4 heteroatoms. The molecular weight excluding hydrogens is 250 g/mol. The summed E-state index contributed by atoms with van der Waals surface area (Å²) in [7, 11) is 3.87. The summed E-state index contributed by atoms with van der Waals surface area (Å²) in [4.78, 5) is 16.2. The normalized spacial score (nSPS) is 23.1. The average molecular weight is 275 g/mol. The monoisotopic (exact) mass is 275 g/mol. The molecule has 0 bridgehead atoms. The summed E-state index contributed by atoms with van der Waals surface area (Å²) in [6, 6.07) is 11.1. The summed E-state index contributed by atoms with van der Waals surface area (Å²) in [5.74, 6) is 0.224. The van der Waals surface area contributed by atoms with Gasteiger partial charge in [-0.25, -0.2) is 0 Å². The Hall–Kier alpha value is -1.39. The molecular formula is C16H25N3O. The van der Waals surface area contributed by atoms with Crippen molar-refractivity contribution in [2.75, 3.05) is 33.7 Å². The zero-order valence-electron chi connectivity index (χ0n) is 12.7. The van der Waals surface area contributed by atoms with Gasteiger partial charge in [0.05, 0.1) is 6.54 Å². The van der Waals surface area contributed by atoms with E-state index in [0.717, 1.165) is 19.5 Å². The molecule has 0 aromatic heterocycles. The highest BCUT2D eigenvalue weighted by molar-refractivity contribution is 5.78. The Morgan fingerprint density at radius 3 is 2.70 bits per heavy atom. The predicted molar refractivity (Wildman–Crippen MR) is 81.7 cm³/mol. The van der Waals surface area contributed by atoms with E-state index in [2.05, 4.69) is 36.5 Å². The molecule has 1 aromatic rings. The number of amides is 1. The fourth-order valence-electron chi connectivity index (χ4n) is 2.67. The second-order valence-corrected chi connectivity index (χ2v) is 5.93. The number of likely N-dealkylation sites (N-methyl/N-ethyl adjacent to an activating group) is 1. The molecule has 4 nitrogen and oxygen atoms in total. The number of carbonyl (C=O) groups is 1. The van der Waals surface area contributed by atoms with Crippen molar-refractivity contribution in [1.29, 1.82) is 0 Å². The van der Waals surface area contributed by atoms with Crippen molar-refractivity contribution >= 4 is 5.91 Å². The van der Waals surface area contributed by atoms with Crippen LogP contribution in [-0.2, 0) is 11.2 Å². The van der Waals surface area contributed by atoms with E-state index >= 15 is 0 Å². The Morgan fingerprint density at radius 1 is 1.35 bits per heavy atom. The molecule has 0 radical (unpaired) electrons. The number of hydrogen-bond donors (Lipinski definition) is 1. The number of piperazine rings is 1. The fraction of sp³-hybridized carbons (Fsp3) is 0.562. The van der Waals surface area contributed by atoms with Crippen molar-refractivity contribution in [2.24, 2.45) is 0 Å². The third kappa shape index (κ3) is 4.05. The SMILES string of the molecule is CC1CNC(Cc2ccccc2)CN1C(=O)CN(C)C. The van der Waals surface area contributed by atoms with Crippen LogP contribution in [0.1, 0.15) is 12.5 Å². The molecule has 20 heavy (non-hydrogen) atoms. The number of hydrogen-bond acceptors (Lipinski definition) is 3. The van der Waals surface area contributed by atoms with Crippen LogP contribution in [0.4, 0.5) is 0 Å². The van der Waals surface area contributed by atoms with Crippen molar-refractivity contribution in [3.05, 3.63) is 35.9 Å². The first-order valence-corrected chi connectivity index (χ1v) is 7.27. The van der Waals surface area contributed by atoms with Crippen LogP contribution in [0, 0.1) is 0 Å². The number of nitrogens with zero attached hydrogens (tertiary/aromatic N) is 2. The zero-order valence-corrected chi connectivity index (χ0v) is 12.7. The van der Waals surface area contributed by atoms with Gasteiger partial charge in [0.25, 0.3) is 0 Å². The number of carbonyl (C=O) groups excluding carboxylic acids is 1. The molecule has 1 aliphatic heterocycles. The van der Waals surface area contributed by atoms with E-state index in [0.29, 0.717) is 12.6 Å². The molecule has 1 aromatic carbocycles. The van der Waals surface area contributed by atoms with Crippen LogP contribution in [0.3, 0.4) is 0 Å². The van der Waals surface area contributed by atoms with Gasteiger partial charge in [-0.1, -0.05) is 30.3 Å². The highest BCUT2D eigenvalue weighted by Crippen LogP contribution is 2.12. The molecule has 2 rings (SSSR count). The van der Waals surface area contributed by atoms with Gasteiger partial charge in [0.15, 0.2) is 0 Å². The maximum absolute atomic E-state index is 12.3. The lowest BCUT2D eigenvalue weighted by Gasteiger charge is -2.39. The van der Waals surface area contributed by atoms with Crippen LogP contribution in [-0.4, -0.2) is 61.5 Å². The molecule has 1 fully saturated rings. The summed E-state index contributed by atoms with van der Waals surface area (Å²) in [6.45, 7) is 4.26. The van der Waals surface area contributed by atoms with E-state index in [-0.39, 0.29) is 11.9 Å². The molecule has 0 spiro atoms. The van der Waals surface area contributed by atoms with E-state index in [1.165, 1.54) is 5.56 Å². The van der Waals surface area contributed by atoms with E-state index in [9.17, 15) is 4.79 Å². The van der Waals surface area contributed by atoms with E-state index in [4.69, 9.17) is 0 Å².